The molecular weight excluding hydrogens is 274 g/mol. The highest BCUT2D eigenvalue weighted by Crippen LogP contribution is 2.66. The van der Waals surface area contributed by atoms with E-state index in [9.17, 15) is 0 Å². The quantitative estimate of drug-likeness (QED) is 0.781. The first-order chi connectivity index (χ1) is 10.3. The molecule has 116 valence electrons. The topological polar surface area (TPSA) is 69.0 Å². The van der Waals surface area contributed by atoms with Crippen molar-refractivity contribution < 1.29 is 4.74 Å². The van der Waals surface area contributed by atoms with E-state index in [1.165, 1.54) is 12.8 Å². The third-order valence-electron chi connectivity index (χ3n) is 6.78. The largest absolute Gasteiger partial charge is 0.489 e. The van der Waals surface area contributed by atoms with Crippen molar-refractivity contribution in [1.29, 1.82) is 10.8 Å². The average Bonchev–Trinajstić information content (AvgIpc) is 2.94. The summed E-state index contributed by atoms with van der Waals surface area (Å²) in [6, 6.07) is 5.74. The Morgan fingerprint density at radius 1 is 1.18 bits per heavy atom. The summed E-state index contributed by atoms with van der Waals surface area (Å²) in [6.07, 6.45) is 3.83. The Morgan fingerprint density at radius 3 is 2.59 bits per heavy atom. The number of ether oxygens (including phenoxy) is 1. The van der Waals surface area contributed by atoms with Crippen LogP contribution in [0.4, 0.5) is 0 Å². The lowest BCUT2D eigenvalue weighted by Crippen LogP contribution is -2.39. The number of benzene rings is 1. The Labute approximate surface area is 131 Å². The van der Waals surface area contributed by atoms with Crippen molar-refractivity contribution in [3.63, 3.8) is 0 Å². The highest BCUT2D eigenvalue weighted by atomic mass is 16.5. The van der Waals surface area contributed by atoms with Crippen LogP contribution in [0.2, 0.25) is 0 Å². The minimum absolute atomic E-state index is 0.197. The molecule has 0 radical (unpaired) electrons. The molecule has 2 saturated carbocycles. The van der Waals surface area contributed by atoms with E-state index in [0.717, 1.165) is 29.2 Å². The lowest BCUT2D eigenvalue weighted by Gasteiger charge is -2.39. The molecule has 2 fully saturated rings. The number of nitrogens with one attached hydrogen (secondary N) is 3. The van der Waals surface area contributed by atoms with Crippen LogP contribution in [0.3, 0.4) is 0 Å². The van der Waals surface area contributed by atoms with Crippen LogP contribution in [0.15, 0.2) is 18.2 Å². The zero-order valence-electron chi connectivity index (χ0n) is 13.4. The van der Waals surface area contributed by atoms with Crippen LogP contribution in [0.25, 0.3) is 0 Å². The molecule has 1 heterocycles. The molecule has 1 aromatic carbocycles. The predicted octanol–water partition coefficient (Wildman–Crippen LogP) is 3.53. The molecule has 3 aliphatic rings. The van der Waals surface area contributed by atoms with Gasteiger partial charge < -0.3 is 10.1 Å². The van der Waals surface area contributed by atoms with Gasteiger partial charge in [-0.15, -0.1) is 0 Å². The first-order valence-corrected chi connectivity index (χ1v) is 8.09. The summed E-state index contributed by atoms with van der Waals surface area (Å²) < 4.78 is 6.43. The normalized spacial score (nSPS) is 34.7. The van der Waals surface area contributed by atoms with Gasteiger partial charge in [0, 0.05) is 11.0 Å². The van der Waals surface area contributed by atoms with Crippen LogP contribution in [-0.4, -0.2) is 17.8 Å². The summed E-state index contributed by atoms with van der Waals surface area (Å²) in [5.74, 6) is 2.06. The molecule has 0 spiro atoms. The molecule has 2 bridgehead atoms. The monoisotopic (exact) mass is 297 g/mol. The van der Waals surface area contributed by atoms with Crippen molar-refractivity contribution >= 4 is 11.7 Å². The number of hydrogen-bond donors (Lipinski definition) is 3. The SMILES string of the molecule is CC1(C)C2CCC1(C)C(Oc1cccc3c1C(=N)NC3=N)C2. The Bertz CT molecular complexity index is 694. The van der Waals surface area contributed by atoms with Crippen molar-refractivity contribution in [3.05, 3.63) is 29.3 Å². The van der Waals surface area contributed by atoms with E-state index < -0.39 is 0 Å². The van der Waals surface area contributed by atoms with Gasteiger partial charge in [0.2, 0.25) is 0 Å². The molecule has 22 heavy (non-hydrogen) atoms. The molecule has 1 aromatic rings. The number of hydrogen-bond acceptors (Lipinski definition) is 3. The number of rotatable bonds is 2. The summed E-state index contributed by atoms with van der Waals surface area (Å²) in [6.45, 7) is 7.12. The molecule has 1 aliphatic heterocycles. The molecule has 0 aromatic heterocycles. The van der Waals surface area contributed by atoms with Gasteiger partial charge in [-0.3, -0.25) is 10.8 Å². The minimum atomic E-state index is 0.197. The van der Waals surface area contributed by atoms with Gasteiger partial charge in [0.25, 0.3) is 0 Å². The Morgan fingerprint density at radius 2 is 1.95 bits per heavy atom. The van der Waals surface area contributed by atoms with Crippen molar-refractivity contribution in [2.24, 2.45) is 16.7 Å². The molecule has 3 N–H and O–H groups in total. The van der Waals surface area contributed by atoms with E-state index in [1.54, 1.807) is 0 Å². The van der Waals surface area contributed by atoms with Gasteiger partial charge in [0.05, 0.1) is 5.56 Å². The van der Waals surface area contributed by atoms with Gasteiger partial charge in [-0.1, -0.05) is 32.9 Å². The minimum Gasteiger partial charge on any atom is -0.489 e. The molecule has 4 heteroatoms. The van der Waals surface area contributed by atoms with Crippen LogP contribution in [0.5, 0.6) is 5.75 Å². The Kier molecular flexibility index (Phi) is 2.58. The van der Waals surface area contributed by atoms with Crippen molar-refractivity contribution in [2.75, 3.05) is 0 Å². The van der Waals surface area contributed by atoms with Gasteiger partial charge in [0.15, 0.2) is 0 Å². The number of amidine groups is 2. The maximum Gasteiger partial charge on any atom is 0.135 e. The van der Waals surface area contributed by atoms with E-state index in [2.05, 4.69) is 26.1 Å². The highest BCUT2D eigenvalue weighted by Gasteiger charge is 2.62. The third kappa shape index (κ3) is 1.53. The average molecular weight is 297 g/mol. The Hall–Kier alpha value is -1.84. The third-order valence-corrected chi connectivity index (χ3v) is 6.78. The second-order valence-corrected chi connectivity index (χ2v) is 7.77. The van der Waals surface area contributed by atoms with E-state index in [0.29, 0.717) is 11.3 Å². The fraction of sp³-hybridized carbons (Fsp3) is 0.556. The molecule has 3 atom stereocenters. The van der Waals surface area contributed by atoms with Gasteiger partial charge in [-0.2, -0.15) is 0 Å². The van der Waals surface area contributed by atoms with Crippen LogP contribution >= 0.6 is 0 Å². The molecule has 2 aliphatic carbocycles. The second kappa shape index (κ2) is 4.12. The molecular formula is C18H23N3O. The van der Waals surface area contributed by atoms with E-state index in [1.807, 2.05) is 18.2 Å². The van der Waals surface area contributed by atoms with Crippen molar-refractivity contribution in [1.82, 2.24) is 5.32 Å². The summed E-state index contributed by atoms with van der Waals surface area (Å²) in [7, 11) is 0. The lowest BCUT2D eigenvalue weighted by atomic mass is 9.70. The van der Waals surface area contributed by atoms with Crippen molar-refractivity contribution in [2.45, 2.75) is 46.1 Å². The van der Waals surface area contributed by atoms with Crippen molar-refractivity contribution in [3.8, 4) is 5.75 Å². The van der Waals surface area contributed by atoms with Gasteiger partial charge >= 0.3 is 0 Å². The fourth-order valence-electron chi connectivity index (χ4n) is 4.81. The maximum absolute atomic E-state index is 8.07. The smallest absolute Gasteiger partial charge is 0.135 e. The van der Waals surface area contributed by atoms with Crippen LogP contribution in [0.1, 0.15) is 51.2 Å². The van der Waals surface area contributed by atoms with Crippen LogP contribution < -0.4 is 10.1 Å². The number of fused-ring (bicyclic) bond motifs is 3. The van der Waals surface area contributed by atoms with E-state index in [-0.39, 0.29) is 17.4 Å². The first kappa shape index (κ1) is 13.8. The molecule has 0 saturated heterocycles. The summed E-state index contributed by atoms with van der Waals surface area (Å²) >= 11 is 0. The van der Waals surface area contributed by atoms with E-state index in [4.69, 9.17) is 15.6 Å². The molecule has 0 amide bonds. The molecule has 3 unspecified atom stereocenters. The van der Waals surface area contributed by atoms with Crippen LogP contribution in [-0.2, 0) is 0 Å². The second-order valence-electron chi connectivity index (χ2n) is 7.77. The summed E-state index contributed by atoms with van der Waals surface area (Å²) in [5.41, 5.74) is 2.03. The van der Waals surface area contributed by atoms with Gasteiger partial charge in [-0.05, 0) is 36.7 Å². The molecule has 4 rings (SSSR count). The zero-order chi connectivity index (χ0) is 15.7. The van der Waals surface area contributed by atoms with Gasteiger partial charge in [-0.25, -0.2) is 0 Å². The standard InChI is InChI=1S/C18H23N3O/c1-17(2)10-7-8-18(17,3)13(9-10)22-12-6-4-5-11-14(12)16(20)21-15(11)19/h4-6,10,13H,7-9H2,1-3H3,(H3,19,20,21). The lowest BCUT2D eigenvalue weighted by molar-refractivity contribution is 0.0301. The highest BCUT2D eigenvalue weighted by molar-refractivity contribution is 6.24. The maximum atomic E-state index is 8.07. The van der Waals surface area contributed by atoms with Gasteiger partial charge in [0.1, 0.15) is 23.5 Å². The van der Waals surface area contributed by atoms with E-state index >= 15 is 0 Å². The molecule has 4 nitrogen and oxygen atoms in total. The zero-order valence-corrected chi connectivity index (χ0v) is 13.4. The predicted molar refractivity (Wildman–Crippen MR) is 86.9 cm³/mol. The Balaban J connectivity index is 1.70. The fourth-order valence-corrected chi connectivity index (χ4v) is 4.81. The first-order valence-electron chi connectivity index (χ1n) is 8.09. The summed E-state index contributed by atoms with van der Waals surface area (Å²) in [5, 5.41) is 18.8. The summed E-state index contributed by atoms with van der Waals surface area (Å²) in [4.78, 5) is 0. The van der Waals surface area contributed by atoms with Crippen LogP contribution in [0, 0.1) is 27.6 Å².